The number of hydrogen-bond donors (Lipinski definition) is 1. The molecule has 1 N–H and O–H groups in total. The largest absolute Gasteiger partial charge is 0.497 e. The van der Waals surface area contributed by atoms with Crippen LogP contribution >= 0.6 is 0 Å². The molecule has 2 aromatic rings. The number of pyridine rings is 1. The Morgan fingerprint density at radius 3 is 2.95 bits per heavy atom. The molecule has 0 aromatic carbocycles. The summed E-state index contributed by atoms with van der Waals surface area (Å²) in [5, 5.41) is 2.79. The summed E-state index contributed by atoms with van der Waals surface area (Å²) in [7, 11) is 1.55. The number of methoxy groups -OCH3 is 1. The van der Waals surface area contributed by atoms with E-state index in [9.17, 15) is 4.79 Å². The van der Waals surface area contributed by atoms with Gasteiger partial charge < -0.3 is 14.5 Å². The van der Waals surface area contributed by atoms with E-state index in [-0.39, 0.29) is 5.91 Å². The molecule has 0 spiro atoms. The van der Waals surface area contributed by atoms with Crippen LogP contribution in [-0.4, -0.2) is 24.5 Å². The van der Waals surface area contributed by atoms with Gasteiger partial charge in [0.05, 0.1) is 7.11 Å². The Hall–Kier alpha value is -2.30. The molecule has 0 saturated heterocycles. The third-order valence-corrected chi connectivity index (χ3v) is 2.65. The predicted octanol–water partition coefficient (Wildman–Crippen LogP) is 1.96. The minimum Gasteiger partial charge on any atom is -0.497 e. The van der Waals surface area contributed by atoms with Crippen LogP contribution in [0.1, 0.15) is 22.0 Å². The minimum atomic E-state index is -0.220. The van der Waals surface area contributed by atoms with Crippen LogP contribution in [0.25, 0.3) is 0 Å². The lowest BCUT2D eigenvalue weighted by Crippen LogP contribution is -2.26. The Kier molecular flexibility index (Phi) is 4.18. The van der Waals surface area contributed by atoms with Crippen LogP contribution < -0.4 is 10.1 Å². The normalized spacial score (nSPS) is 10.2. The highest BCUT2D eigenvalue weighted by atomic mass is 16.5. The summed E-state index contributed by atoms with van der Waals surface area (Å²) in [5.74, 6) is 2.12. The maximum absolute atomic E-state index is 11.8. The summed E-state index contributed by atoms with van der Waals surface area (Å²) >= 11 is 0. The summed E-state index contributed by atoms with van der Waals surface area (Å²) in [5.41, 5.74) is 0.343. The Balaban J connectivity index is 1.87. The van der Waals surface area contributed by atoms with Crippen molar-refractivity contribution in [3.63, 3.8) is 0 Å². The zero-order chi connectivity index (χ0) is 13.7. The van der Waals surface area contributed by atoms with E-state index < -0.39 is 0 Å². The molecule has 0 radical (unpaired) electrons. The lowest BCUT2D eigenvalue weighted by molar-refractivity contribution is 0.0948. The summed E-state index contributed by atoms with van der Waals surface area (Å²) in [6.45, 7) is 2.40. The second-order valence-electron chi connectivity index (χ2n) is 4.10. The molecule has 0 aliphatic rings. The molecular weight excluding hydrogens is 244 g/mol. The van der Waals surface area contributed by atoms with Gasteiger partial charge >= 0.3 is 0 Å². The highest BCUT2D eigenvalue weighted by Crippen LogP contribution is 2.10. The van der Waals surface area contributed by atoms with Gasteiger partial charge in [-0.05, 0) is 25.1 Å². The number of nitrogens with one attached hydrogen (secondary N) is 1. The van der Waals surface area contributed by atoms with Gasteiger partial charge in [0.1, 0.15) is 23.0 Å². The molecule has 0 aliphatic carbocycles. The fourth-order valence-electron chi connectivity index (χ4n) is 1.67. The van der Waals surface area contributed by atoms with Crippen LogP contribution in [0.2, 0.25) is 0 Å². The zero-order valence-corrected chi connectivity index (χ0v) is 11.0. The number of rotatable bonds is 5. The molecular formula is C14H16N2O3. The molecule has 0 bridgehead atoms. The standard InChI is InChI=1S/C14H16N2O3/c1-10-3-4-11(19-10)5-8-16-14(17)13-9-12(18-2)6-7-15-13/h3-4,6-7,9H,5,8H2,1-2H3,(H,16,17). The first-order chi connectivity index (χ1) is 9.19. The average molecular weight is 260 g/mol. The molecule has 2 rings (SSSR count). The van der Waals surface area contributed by atoms with E-state index in [0.29, 0.717) is 24.4 Å². The van der Waals surface area contributed by atoms with Crippen molar-refractivity contribution in [3.8, 4) is 5.75 Å². The summed E-state index contributed by atoms with van der Waals surface area (Å²) < 4.78 is 10.5. The van der Waals surface area contributed by atoms with Gasteiger partial charge in [-0.2, -0.15) is 0 Å². The number of furan rings is 1. The Morgan fingerprint density at radius 2 is 2.26 bits per heavy atom. The van der Waals surface area contributed by atoms with Gasteiger partial charge in [-0.15, -0.1) is 0 Å². The van der Waals surface area contributed by atoms with E-state index in [1.54, 1.807) is 25.4 Å². The molecule has 0 saturated carbocycles. The van der Waals surface area contributed by atoms with E-state index in [0.717, 1.165) is 11.5 Å². The number of aromatic nitrogens is 1. The molecule has 2 aromatic heterocycles. The molecule has 0 aliphatic heterocycles. The van der Waals surface area contributed by atoms with Crippen LogP contribution in [-0.2, 0) is 6.42 Å². The van der Waals surface area contributed by atoms with Crippen molar-refractivity contribution < 1.29 is 13.9 Å². The number of nitrogens with zero attached hydrogens (tertiary/aromatic N) is 1. The molecule has 0 unspecified atom stereocenters. The highest BCUT2D eigenvalue weighted by molar-refractivity contribution is 5.92. The quantitative estimate of drug-likeness (QED) is 0.892. The average Bonchev–Trinajstić information content (AvgIpc) is 2.84. The number of carbonyl (C=O) groups is 1. The fourth-order valence-corrected chi connectivity index (χ4v) is 1.67. The Morgan fingerprint density at radius 1 is 1.42 bits per heavy atom. The van der Waals surface area contributed by atoms with Crippen LogP contribution in [0, 0.1) is 6.92 Å². The Bertz CT molecular complexity index is 563. The predicted molar refractivity (Wildman–Crippen MR) is 70.3 cm³/mol. The topological polar surface area (TPSA) is 64.4 Å². The van der Waals surface area contributed by atoms with Crippen molar-refractivity contribution in [3.05, 3.63) is 47.7 Å². The Labute approximate surface area is 111 Å². The maximum Gasteiger partial charge on any atom is 0.270 e. The lowest BCUT2D eigenvalue weighted by atomic mass is 10.3. The van der Waals surface area contributed by atoms with Gasteiger partial charge in [-0.3, -0.25) is 9.78 Å². The van der Waals surface area contributed by atoms with Crippen molar-refractivity contribution in [1.29, 1.82) is 0 Å². The van der Waals surface area contributed by atoms with E-state index in [2.05, 4.69) is 10.3 Å². The molecule has 0 atom stereocenters. The van der Waals surface area contributed by atoms with Gasteiger partial charge in [-0.25, -0.2) is 0 Å². The van der Waals surface area contributed by atoms with Crippen LogP contribution in [0.15, 0.2) is 34.9 Å². The zero-order valence-electron chi connectivity index (χ0n) is 11.0. The maximum atomic E-state index is 11.8. The van der Waals surface area contributed by atoms with E-state index in [1.807, 2.05) is 19.1 Å². The molecule has 5 heteroatoms. The molecule has 1 amide bonds. The van der Waals surface area contributed by atoms with Crippen LogP contribution in [0.3, 0.4) is 0 Å². The van der Waals surface area contributed by atoms with E-state index >= 15 is 0 Å². The summed E-state index contributed by atoms with van der Waals surface area (Å²) in [6, 6.07) is 7.11. The number of amides is 1. The van der Waals surface area contributed by atoms with Crippen LogP contribution in [0.4, 0.5) is 0 Å². The number of ether oxygens (including phenoxy) is 1. The summed E-state index contributed by atoms with van der Waals surface area (Å²) in [4.78, 5) is 15.9. The van der Waals surface area contributed by atoms with Gasteiger partial charge in [0, 0.05) is 25.2 Å². The van der Waals surface area contributed by atoms with Crippen molar-refractivity contribution in [1.82, 2.24) is 10.3 Å². The van der Waals surface area contributed by atoms with E-state index in [1.165, 1.54) is 0 Å². The monoisotopic (exact) mass is 260 g/mol. The van der Waals surface area contributed by atoms with Crippen molar-refractivity contribution >= 4 is 5.91 Å². The third-order valence-electron chi connectivity index (χ3n) is 2.65. The first-order valence-electron chi connectivity index (χ1n) is 6.02. The van der Waals surface area contributed by atoms with Crippen molar-refractivity contribution in [2.24, 2.45) is 0 Å². The molecule has 2 heterocycles. The number of hydrogen-bond acceptors (Lipinski definition) is 4. The second-order valence-corrected chi connectivity index (χ2v) is 4.10. The first kappa shape index (κ1) is 13.1. The van der Waals surface area contributed by atoms with Crippen molar-refractivity contribution in [2.45, 2.75) is 13.3 Å². The molecule has 100 valence electrons. The van der Waals surface area contributed by atoms with E-state index in [4.69, 9.17) is 9.15 Å². The van der Waals surface area contributed by atoms with Gasteiger partial charge in [0.15, 0.2) is 0 Å². The first-order valence-corrected chi connectivity index (χ1v) is 6.02. The second kappa shape index (κ2) is 6.04. The van der Waals surface area contributed by atoms with Crippen molar-refractivity contribution in [2.75, 3.05) is 13.7 Å². The molecule has 19 heavy (non-hydrogen) atoms. The smallest absolute Gasteiger partial charge is 0.270 e. The number of carbonyl (C=O) groups excluding carboxylic acids is 1. The fraction of sp³-hybridized carbons (Fsp3) is 0.286. The van der Waals surface area contributed by atoms with Crippen LogP contribution in [0.5, 0.6) is 5.75 Å². The third kappa shape index (κ3) is 3.58. The highest BCUT2D eigenvalue weighted by Gasteiger charge is 2.08. The van der Waals surface area contributed by atoms with Gasteiger partial charge in [-0.1, -0.05) is 0 Å². The summed E-state index contributed by atoms with van der Waals surface area (Å²) in [6.07, 6.45) is 2.20. The SMILES string of the molecule is COc1ccnc(C(=O)NCCc2ccc(C)o2)c1. The van der Waals surface area contributed by atoms with Gasteiger partial charge in [0.2, 0.25) is 0 Å². The molecule has 5 nitrogen and oxygen atoms in total. The minimum absolute atomic E-state index is 0.220. The molecule has 0 fully saturated rings. The number of aryl methyl sites for hydroxylation is 1. The lowest BCUT2D eigenvalue weighted by Gasteiger charge is -2.05. The van der Waals surface area contributed by atoms with Gasteiger partial charge in [0.25, 0.3) is 5.91 Å².